The first kappa shape index (κ1) is 17.5. The van der Waals surface area contributed by atoms with Crippen molar-refractivity contribution in [1.82, 2.24) is 10.0 Å². The van der Waals surface area contributed by atoms with E-state index in [-0.39, 0.29) is 12.6 Å². The van der Waals surface area contributed by atoms with Gasteiger partial charge in [0, 0.05) is 12.6 Å². The molecule has 118 valence electrons. The van der Waals surface area contributed by atoms with Crippen molar-refractivity contribution in [3.8, 4) is 0 Å². The largest absolute Gasteiger partial charge is 0.324 e. The second-order valence-electron chi connectivity index (χ2n) is 4.70. The van der Waals surface area contributed by atoms with Gasteiger partial charge in [-0.15, -0.1) is 0 Å². The normalized spacial score (nSPS) is 11.8. The summed E-state index contributed by atoms with van der Waals surface area (Å²) in [5.74, 6) is -1.18. The SMILES string of the molecule is CC(C)NCCCNS(=O)(=O)c1cccc(F)c1[N+](=O)[O-]. The van der Waals surface area contributed by atoms with Crippen molar-refractivity contribution in [3.05, 3.63) is 34.1 Å². The standard InChI is InChI=1S/C12H18FN3O4S/c1-9(2)14-7-4-8-15-21(19,20)11-6-3-5-10(13)12(11)16(17)18/h3,5-6,9,14-15H,4,7-8H2,1-2H3. The van der Waals surface area contributed by atoms with E-state index < -0.39 is 31.3 Å². The first-order valence-corrected chi connectivity index (χ1v) is 7.90. The lowest BCUT2D eigenvalue weighted by atomic mass is 10.3. The molecule has 0 spiro atoms. The number of hydrogen-bond donors (Lipinski definition) is 2. The molecule has 7 nitrogen and oxygen atoms in total. The van der Waals surface area contributed by atoms with Gasteiger partial charge < -0.3 is 5.32 Å². The molecule has 0 radical (unpaired) electrons. The lowest BCUT2D eigenvalue weighted by Crippen LogP contribution is -2.30. The highest BCUT2D eigenvalue weighted by Crippen LogP contribution is 2.26. The van der Waals surface area contributed by atoms with Crippen LogP contribution in [-0.2, 0) is 10.0 Å². The van der Waals surface area contributed by atoms with E-state index in [4.69, 9.17) is 0 Å². The molecule has 0 saturated heterocycles. The van der Waals surface area contributed by atoms with Crippen LogP contribution in [0.2, 0.25) is 0 Å². The van der Waals surface area contributed by atoms with E-state index in [1.165, 1.54) is 0 Å². The Labute approximate surface area is 122 Å². The fourth-order valence-electron chi connectivity index (χ4n) is 1.65. The van der Waals surface area contributed by atoms with Crippen molar-refractivity contribution in [2.24, 2.45) is 0 Å². The van der Waals surface area contributed by atoms with Crippen LogP contribution in [0.3, 0.4) is 0 Å². The smallest absolute Gasteiger partial charge is 0.314 e. The molecule has 0 fully saturated rings. The molecular formula is C12H18FN3O4S. The van der Waals surface area contributed by atoms with Crippen LogP contribution in [0, 0.1) is 15.9 Å². The molecule has 0 aliphatic heterocycles. The number of hydrogen-bond acceptors (Lipinski definition) is 5. The summed E-state index contributed by atoms with van der Waals surface area (Å²) < 4.78 is 39.7. The molecule has 1 rings (SSSR count). The van der Waals surface area contributed by atoms with Crippen LogP contribution in [0.15, 0.2) is 23.1 Å². The molecule has 0 aliphatic carbocycles. The highest BCUT2D eigenvalue weighted by atomic mass is 32.2. The minimum absolute atomic E-state index is 0.107. The minimum atomic E-state index is -4.12. The number of para-hydroxylation sites is 1. The maximum Gasteiger partial charge on any atom is 0.324 e. The molecule has 21 heavy (non-hydrogen) atoms. The summed E-state index contributed by atoms with van der Waals surface area (Å²) in [4.78, 5) is 9.10. The van der Waals surface area contributed by atoms with E-state index in [0.717, 1.165) is 18.2 Å². The molecule has 0 bridgehead atoms. The van der Waals surface area contributed by atoms with Gasteiger partial charge in [-0.1, -0.05) is 19.9 Å². The van der Waals surface area contributed by atoms with E-state index in [2.05, 4.69) is 10.0 Å². The monoisotopic (exact) mass is 319 g/mol. The number of nitrogens with one attached hydrogen (secondary N) is 2. The van der Waals surface area contributed by atoms with Crippen molar-refractivity contribution < 1.29 is 17.7 Å². The summed E-state index contributed by atoms with van der Waals surface area (Å²) in [7, 11) is -4.12. The zero-order valence-electron chi connectivity index (χ0n) is 11.8. The van der Waals surface area contributed by atoms with Gasteiger partial charge in [-0.25, -0.2) is 13.1 Å². The van der Waals surface area contributed by atoms with Crippen molar-refractivity contribution in [2.45, 2.75) is 31.2 Å². The molecule has 2 N–H and O–H groups in total. The van der Waals surface area contributed by atoms with E-state index in [1.807, 2.05) is 13.8 Å². The lowest BCUT2D eigenvalue weighted by molar-refractivity contribution is -0.390. The molecule has 1 aromatic rings. The molecule has 0 saturated carbocycles. The summed E-state index contributed by atoms with van der Waals surface area (Å²) in [6.07, 6.45) is 0.514. The van der Waals surface area contributed by atoms with Crippen LogP contribution in [0.1, 0.15) is 20.3 Å². The molecule has 0 aliphatic rings. The number of rotatable bonds is 8. The predicted octanol–water partition coefficient (Wildman–Crippen LogP) is 1.40. The topological polar surface area (TPSA) is 101 Å². The summed E-state index contributed by atoms with van der Waals surface area (Å²) >= 11 is 0. The molecule has 0 unspecified atom stereocenters. The van der Waals surface area contributed by atoms with Gasteiger partial charge in [-0.3, -0.25) is 10.1 Å². The Morgan fingerprint density at radius 2 is 2.00 bits per heavy atom. The molecular weight excluding hydrogens is 301 g/mol. The molecule has 0 heterocycles. The molecule has 0 atom stereocenters. The number of halogens is 1. The first-order chi connectivity index (χ1) is 9.75. The quantitative estimate of drug-likeness (QED) is 0.428. The summed E-state index contributed by atoms with van der Waals surface area (Å²) in [6, 6.07) is 3.27. The number of sulfonamides is 1. The van der Waals surface area contributed by atoms with E-state index >= 15 is 0 Å². The Morgan fingerprint density at radius 1 is 1.33 bits per heavy atom. The van der Waals surface area contributed by atoms with E-state index in [9.17, 15) is 22.9 Å². The third-order valence-corrected chi connectivity index (χ3v) is 4.11. The van der Waals surface area contributed by atoms with Crippen LogP contribution in [0.5, 0.6) is 0 Å². The zero-order valence-corrected chi connectivity index (χ0v) is 12.6. The zero-order chi connectivity index (χ0) is 16.0. The van der Waals surface area contributed by atoms with E-state index in [0.29, 0.717) is 13.0 Å². The fraction of sp³-hybridized carbons (Fsp3) is 0.500. The van der Waals surface area contributed by atoms with E-state index in [1.54, 1.807) is 0 Å². The second kappa shape index (κ2) is 7.43. The fourth-order valence-corrected chi connectivity index (χ4v) is 2.91. The van der Waals surface area contributed by atoms with Crippen LogP contribution in [-0.4, -0.2) is 32.5 Å². The van der Waals surface area contributed by atoms with Crippen molar-refractivity contribution in [1.29, 1.82) is 0 Å². The number of nitro groups is 1. The van der Waals surface area contributed by atoms with Crippen molar-refractivity contribution in [2.75, 3.05) is 13.1 Å². The van der Waals surface area contributed by atoms with Crippen molar-refractivity contribution in [3.63, 3.8) is 0 Å². The number of benzene rings is 1. The van der Waals surface area contributed by atoms with Gasteiger partial charge in [-0.2, -0.15) is 4.39 Å². The lowest BCUT2D eigenvalue weighted by Gasteiger charge is -2.09. The van der Waals surface area contributed by atoms with Gasteiger partial charge in [-0.05, 0) is 25.1 Å². The summed E-state index contributed by atoms with van der Waals surface area (Å²) in [6.45, 7) is 4.63. The van der Waals surface area contributed by atoms with Gasteiger partial charge in [0.1, 0.15) is 0 Å². The Kier molecular flexibility index (Phi) is 6.19. The predicted molar refractivity (Wildman–Crippen MR) is 76.0 cm³/mol. The Bertz CT molecular complexity index is 605. The molecule has 0 amide bonds. The van der Waals surface area contributed by atoms with Crippen LogP contribution >= 0.6 is 0 Å². The van der Waals surface area contributed by atoms with Gasteiger partial charge >= 0.3 is 5.69 Å². The summed E-state index contributed by atoms with van der Waals surface area (Å²) in [5, 5.41) is 13.9. The van der Waals surface area contributed by atoms with Crippen LogP contribution < -0.4 is 10.0 Å². The molecule has 9 heteroatoms. The maximum absolute atomic E-state index is 13.4. The van der Waals surface area contributed by atoms with Crippen molar-refractivity contribution >= 4 is 15.7 Å². The minimum Gasteiger partial charge on any atom is -0.314 e. The Hall–Kier alpha value is -1.58. The molecule has 0 aromatic heterocycles. The van der Waals surface area contributed by atoms with Crippen LogP contribution in [0.4, 0.5) is 10.1 Å². The summed E-state index contributed by atoms with van der Waals surface area (Å²) in [5.41, 5.74) is -1.04. The highest BCUT2D eigenvalue weighted by molar-refractivity contribution is 7.89. The second-order valence-corrected chi connectivity index (χ2v) is 6.44. The maximum atomic E-state index is 13.4. The average molecular weight is 319 g/mol. The van der Waals surface area contributed by atoms with Gasteiger partial charge in [0.2, 0.25) is 15.8 Å². The Balaban J connectivity index is 2.80. The third-order valence-electron chi connectivity index (χ3n) is 2.62. The van der Waals surface area contributed by atoms with Gasteiger partial charge in [0.05, 0.1) is 4.92 Å². The molecule has 1 aromatic carbocycles. The number of nitro benzene ring substituents is 1. The van der Waals surface area contributed by atoms with Gasteiger partial charge in [0.15, 0.2) is 4.90 Å². The van der Waals surface area contributed by atoms with Crippen LogP contribution in [0.25, 0.3) is 0 Å². The first-order valence-electron chi connectivity index (χ1n) is 6.41. The average Bonchev–Trinajstić information content (AvgIpc) is 2.37. The third kappa shape index (κ3) is 5.03. The van der Waals surface area contributed by atoms with Gasteiger partial charge in [0.25, 0.3) is 0 Å². The highest BCUT2D eigenvalue weighted by Gasteiger charge is 2.28. The Morgan fingerprint density at radius 3 is 2.57 bits per heavy atom. The number of nitrogens with zero attached hydrogens (tertiary/aromatic N) is 1.